The molecule has 0 amide bonds. The zero-order chi connectivity index (χ0) is 21.1. The average molecular weight is 432 g/mol. The van der Waals surface area contributed by atoms with Crippen molar-refractivity contribution in [3.63, 3.8) is 0 Å². The Morgan fingerprint density at radius 2 is 1.80 bits per heavy atom. The van der Waals surface area contributed by atoms with Crippen molar-refractivity contribution in [1.29, 1.82) is 0 Å². The second-order valence-electron chi connectivity index (χ2n) is 7.04. The summed E-state index contributed by atoms with van der Waals surface area (Å²) >= 11 is 0.996. The molecule has 2 fully saturated rings. The predicted molar refractivity (Wildman–Crippen MR) is 110 cm³/mol. The highest BCUT2D eigenvalue weighted by molar-refractivity contribution is 8.14. The van der Waals surface area contributed by atoms with Crippen LogP contribution in [0.4, 0.5) is 0 Å². The van der Waals surface area contributed by atoms with Gasteiger partial charge in [0, 0.05) is 18.2 Å². The average Bonchev–Trinajstić information content (AvgIpc) is 2.81. The van der Waals surface area contributed by atoms with Gasteiger partial charge in [-0.25, -0.2) is 0 Å². The molecule has 2 heterocycles. The lowest BCUT2D eigenvalue weighted by Gasteiger charge is -2.47. The predicted octanol–water partition coefficient (Wildman–Crippen LogP) is 2.78. The standard InChI is InChI=1S/C22H24O7S/c1-25-15-10-8-14(9-11-15)21-27-12-16-18(29-21)17(23)19(22(26-2)28-16)30-20(24)13-6-4-3-5-7-13/h3-11,16-19,21-23H,12H2,1-2H3/t16-,17+,18-,19+,21?,22+/m1/s1. The number of thioether (sulfide) groups is 1. The molecule has 30 heavy (non-hydrogen) atoms. The molecule has 0 aliphatic carbocycles. The van der Waals surface area contributed by atoms with Gasteiger partial charge in [0.15, 0.2) is 12.6 Å². The molecule has 2 aliphatic rings. The van der Waals surface area contributed by atoms with Crippen LogP contribution in [0.1, 0.15) is 22.2 Å². The third-order valence-electron chi connectivity index (χ3n) is 5.18. The van der Waals surface area contributed by atoms with Gasteiger partial charge in [0.2, 0.25) is 5.12 Å². The van der Waals surface area contributed by atoms with Crippen molar-refractivity contribution >= 4 is 16.9 Å². The van der Waals surface area contributed by atoms with E-state index in [9.17, 15) is 9.90 Å². The van der Waals surface area contributed by atoms with E-state index in [2.05, 4.69) is 0 Å². The van der Waals surface area contributed by atoms with Crippen molar-refractivity contribution in [3.05, 3.63) is 65.7 Å². The molecule has 1 N–H and O–H groups in total. The van der Waals surface area contributed by atoms with Gasteiger partial charge in [-0.05, 0) is 12.1 Å². The molecular formula is C22H24O7S. The quantitative estimate of drug-likeness (QED) is 0.772. The van der Waals surface area contributed by atoms with Crippen LogP contribution in [-0.2, 0) is 18.9 Å². The van der Waals surface area contributed by atoms with Gasteiger partial charge in [-0.2, -0.15) is 0 Å². The number of hydrogen-bond donors (Lipinski definition) is 1. The summed E-state index contributed by atoms with van der Waals surface area (Å²) in [7, 11) is 3.09. The van der Waals surface area contributed by atoms with Gasteiger partial charge in [0.1, 0.15) is 24.1 Å². The molecule has 8 heteroatoms. The van der Waals surface area contributed by atoms with Crippen molar-refractivity contribution in [3.8, 4) is 5.75 Å². The fraction of sp³-hybridized carbons (Fsp3) is 0.409. The van der Waals surface area contributed by atoms with E-state index < -0.39 is 36.1 Å². The first kappa shape index (κ1) is 21.3. The maximum atomic E-state index is 12.7. The summed E-state index contributed by atoms with van der Waals surface area (Å²) in [6, 6.07) is 16.3. The van der Waals surface area contributed by atoms with Crippen LogP contribution in [-0.4, -0.2) is 60.9 Å². The van der Waals surface area contributed by atoms with E-state index in [-0.39, 0.29) is 11.7 Å². The zero-order valence-electron chi connectivity index (χ0n) is 16.7. The Hall–Kier alpha value is -1.94. The first-order chi connectivity index (χ1) is 14.6. The van der Waals surface area contributed by atoms with Gasteiger partial charge in [-0.1, -0.05) is 54.2 Å². The minimum atomic E-state index is -0.976. The monoisotopic (exact) mass is 432 g/mol. The third kappa shape index (κ3) is 4.39. The minimum absolute atomic E-state index is 0.164. The highest BCUT2D eigenvalue weighted by atomic mass is 32.2. The Bertz CT molecular complexity index is 844. The zero-order valence-corrected chi connectivity index (χ0v) is 17.5. The normalized spacial score (nSPS) is 31.0. The smallest absolute Gasteiger partial charge is 0.219 e. The Morgan fingerprint density at radius 3 is 2.47 bits per heavy atom. The van der Waals surface area contributed by atoms with Crippen molar-refractivity contribution in [2.24, 2.45) is 0 Å². The SMILES string of the molecule is COc1ccc(C2OC[C@H]3O[C@H](OC)[C@@H](SC(=O)c4ccccc4)[C@@H](O)[C@@H]3O2)cc1. The maximum Gasteiger partial charge on any atom is 0.219 e. The summed E-state index contributed by atoms with van der Waals surface area (Å²) in [6.07, 6.45) is -3.54. The van der Waals surface area contributed by atoms with Crippen LogP contribution in [0.5, 0.6) is 5.75 Å². The number of ether oxygens (including phenoxy) is 5. The summed E-state index contributed by atoms with van der Waals surface area (Å²) in [6.45, 7) is 0.238. The molecule has 1 unspecified atom stereocenters. The Morgan fingerprint density at radius 1 is 1.07 bits per heavy atom. The highest BCUT2D eigenvalue weighted by Gasteiger charge is 2.50. The number of aliphatic hydroxyl groups excluding tert-OH is 1. The first-order valence-corrected chi connectivity index (χ1v) is 10.5. The summed E-state index contributed by atoms with van der Waals surface area (Å²) in [5.41, 5.74) is 1.36. The van der Waals surface area contributed by atoms with Crippen LogP contribution in [0.2, 0.25) is 0 Å². The topological polar surface area (TPSA) is 83.5 Å². The second kappa shape index (κ2) is 9.47. The van der Waals surface area contributed by atoms with E-state index in [4.69, 9.17) is 23.7 Å². The molecule has 6 atom stereocenters. The van der Waals surface area contributed by atoms with E-state index in [0.717, 1.165) is 23.1 Å². The van der Waals surface area contributed by atoms with Gasteiger partial charge in [0.25, 0.3) is 0 Å². The van der Waals surface area contributed by atoms with Crippen molar-refractivity contribution in [1.82, 2.24) is 0 Å². The van der Waals surface area contributed by atoms with Gasteiger partial charge in [-0.15, -0.1) is 0 Å². The number of fused-ring (bicyclic) bond motifs is 1. The van der Waals surface area contributed by atoms with Gasteiger partial charge >= 0.3 is 0 Å². The number of carbonyl (C=O) groups excluding carboxylic acids is 1. The van der Waals surface area contributed by atoms with E-state index in [1.54, 1.807) is 31.4 Å². The molecule has 160 valence electrons. The molecule has 2 aromatic carbocycles. The van der Waals surface area contributed by atoms with Gasteiger partial charge in [0.05, 0.1) is 19.0 Å². The maximum absolute atomic E-state index is 12.7. The fourth-order valence-electron chi connectivity index (χ4n) is 3.58. The molecule has 0 aromatic heterocycles. The summed E-state index contributed by atoms with van der Waals surface area (Å²) in [5.74, 6) is 0.729. The lowest BCUT2D eigenvalue weighted by Crippen LogP contribution is -2.61. The van der Waals surface area contributed by atoms with Crippen molar-refractivity contribution in [2.45, 2.75) is 36.1 Å². The Balaban J connectivity index is 1.49. The lowest BCUT2D eigenvalue weighted by molar-refractivity contribution is -0.332. The fourth-order valence-corrected chi connectivity index (χ4v) is 4.68. The molecule has 0 saturated carbocycles. The molecule has 4 rings (SSSR count). The summed E-state index contributed by atoms with van der Waals surface area (Å²) in [5, 5.41) is 10.3. The minimum Gasteiger partial charge on any atom is -0.497 e. The largest absolute Gasteiger partial charge is 0.497 e. The number of carbonyl (C=O) groups is 1. The van der Waals surface area contributed by atoms with Crippen molar-refractivity contribution in [2.75, 3.05) is 20.8 Å². The number of aliphatic hydroxyl groups is 1. The van der Waals surface area contributed by atoms with E-state index in [1.165, 1.54) is 7.11 Å². The number of rotatable bonds is 5. The molecule has 0 spiro atoms. The second-order valence-corrected chi connectivity index (χ2v) is 8.20. The number of methoxy groups -OCH3 is 2. The van der Waals surface area contributed by atoms with Crippen LogP contribution in [0.15, 0.2) is 54.6 Å². The molecule has 7 nitrogen and oxygen atoms in total. The van der Waals surface area contributed by atoms with E-state index in [1.807, 2.05) is 30.3 Å². The number of benzene rings is 2. The Kier molecular flexibility index (Phi) is 6.72. The molecule has 2 aromatic rings. The lowest BCUT2D eigenvalue weighted by atomic mass is 9.99. The molecular weight excluding hydrogens is 408 g/mol. The van der Waals surface area contributed by atoms with Crippen LogP contribution in [0.3, 0.4) is 0 Å². The van der Waals surface area contributed by atoms with Crippen LogP contribution < -0.4 is 4.74 Å². The molecule has 0 radical (unpaired) electrons. The van der Waals surface area contributed by atoms with E-state index in [0.29, 0.717) is 5.56 Å². The van der Waals surface area contributed by atoms with Gasteiger partial charge < -0.3 is 28.8 Å². The first-order valence-electron chi connectivity index (χ1n) is 9.64. The van der Waals surface area contributed by atoms with Crippen molar-refractivity contribution < 1.29 is 33.6 Å². The molecule has 0 bridgehead atoms. The third-order valence-corrected chi connectivity index (χ3v) is 6.41. The van der Waals surface area contributed by atoms with E-state index >= 15 is 0 Å². The highest BCUT2D eigenvalue weighted by Crippen LogP contribution is 2.39. The van der Waals surface area contributed by atoms with Crippen LogP contribution >= 0.6 is 11.8 Å². The van der Waals surface area contributed by atoms with Crippen LogP contribution in [0, 0.1) is 0 Å². The summed E-state index contributed by atoms with van der Waals surface area (Å²) < 4.78 is 28.4. The van der Waals surface area contributed by atoms with Gasteiger partial charge in [-0.3, -0.25) is 4.79 Å². The molecule has 2 aliphatic heterocycles. The molecule has 2 saturated heterocycles. The van der Waals surface area contributed by atoms with Crippen LogP contribution in [0.25, 0.3) is 0 Å². The summed E-state index contributed by atoms with van der Waals surface area (Å²) in [4.78, 5) is 12.7. The number of hydrogen-bond acceptors (Lipinski definition) is 8. The Labute approximate surface area is 179 Å².